The summed E-state index contributed by atoms with van der Waals surface area (Å²) in [4.78, 5) is 31.5. The standard InChI is InChI=1S/C28H26F2N8O3/c1-15-26(27(39)34-20-3-4-20)16(2)37(35-15)25-10-24(22(30)12-32-25)41-21-13-36(14-21)28(40)38-23(5-6-33-38)18-7-17(11-31)8-19(29)9-18/h6-10,12,20-21,23H,3-5,13-14H2,1-2H3,(H,34,39). The number of nitrogens with one attached hydrogen (secondary N) is 1. The van der Waals surface area contributed by atoms with Crippen LogP contribution < -0.4 is 10.1 Å². The molecule has 2 aromatic heterocycles. The molecule has 1 aromatic carbocycles. The van der Waals surface area contributed by atoms with Gasteiger partial charge in [0.05, 0.1) is 53.9 Å². The van der Waals surface area contributed by atoms with Gasteiger partial charge in [-0.1, -0.05) is 0 Å². The maximum absolute atomic E-state index is 14.7. The van der Waals surface area contributed by atoms with Crippen LogP contribution >= 0.6 is 0 Å². The Hall–Kier alpha value is -4.86. The minimum atomic E-state index is -0.671. The maximum Gasteiger partial charge on any atom is 0.341 e. The maximum atomic E-state index is 14.7. The second-order valence-electron chi connectivity index (χ2n) is 10.4. The number of aryl methyl sites for hydroxylation is 1. The molecule has 0 spiro atoms. The van der Waals surface area contributed by atoms with Gasteiger partial charge < -0.3 is 15.0 Å². The molecule has 3 amide bonds. The number of amides is 3. The zero-order valence-electron chi connectivity index (χ0n) is 22.3. The summed E-state index contributed by atoms with van der Waals surface area (Å²) in [5.74, 6) is -1.19. The molecule has 6 rings (SSSR count). The van der Waals surface area contributed by atoms with E-state index in [0.717, 1.165) is 25.1 Å². The molecule has 41 heavy (non-hydrogen) atoms. The first-order chi connectivity index (χ1) is 19.7. The van der Waals surface area contributed by atoms with Gasteiger partial charge in [-0.15, -0.1) is 0 Å². The van der Waals surface area contributed by atoms with E-state index in [2.05, 4.69) is 20.5 Å². The van der Waals surface area contributed by atoms with Gasteiger partial charge in [0, 0.05) is 24.7 Å². The fourth-order valence-electron chi connectivity index (χ4n) is 5.03. The van der Waals surface area contributed by atoms with Crippen molar-refractivity contribution in [1.29, 1.82) is 5.26 Å². The van der Waals surface area contributed by atoms with Gasteiger partial charge in [0.15, 0.2) is 17.4 Å². The Kier molecular flexibility index (Phi) is 6.61. The van der Waals surface area contributed by atoms with Gasteiger partial charge in [0.1, 0.15) is 11.9 Å². The lowest BCUT2D eigenvalue weighted by atomic mass is 10.0. The van der Waals surface area contributed by atoms with E-state index in [4.69, 9.17) is 10.00 Å². The number of ether oxygens (including phenoxy) is 1. The summed E-state index contributed by atoms with van der Waals surface area (Å²) < 4.78 is 36.0. The number of urea groups is 1. The van der Waals surface area contributed by atoms with Crippen molar-refractivity contribution in [2.24, 2.45) is 5.10 Å². The largest absolute Gasteiger partial charge is 0.483 e. The number of carbonyl (C=O) groups excluding carboxylic acids is 2. The minimum absolute atomic E-state index is 0.0514. The van der Waals surface area contributed by atoms with Crippen LogP contribution in [0, 0.1) is 36.8 Å². The number of benzene rings is 1. The quantitative estimate of drug-likeness (QED) is 0.491. The topological polar surface area (TPSA) is 129 Å². The van der Waals surface area contributed by atoms with Gasteiger partial charge in [-0.2, -0.15) is 15.5 Å². The van der Waals surface area contributed by atoms with Crippen LogP contribution in [0.3, 0.4) is 0 Å². The van der Waals surface area contributed by atoms with Crippen molar-refractivity contribution in [2.75, 3.05) is 13.1 Å². The van der Waals surface area contributed by atoms with Crippen molar-refractivity contribution >= 4 is 18.2 Å². The van der Waals surface area contributed by atoms with Crippen molar-refractivity contribution in [3.05, 3.63) is 70.2 Å². The number of hydrogen-bond donors (Lipinski definition) is 1. The molecule has 0 radical (unpaired) electrons. The average molecular weight is 561 g/mol. The summed E-state index contributed by atoms with van der Waals surface area (Å²) in [6.07, 6.45) is 4.43. The zero-order chi connectivity index (χ0) is 28.8. The first kappa shape index (κ1) is 26.4. The molecule has 1 aliphatic carbocycles. The minimum Gasteiger partial charge on any atom is -0.483 e. The third kappa shape index (κ3) is 5.08. The predicted octanol–water partition coefficient (Wildman–Crippen LogP) is 3.54. The molecular weight excluding hydrogens is 534 g/mol. The highest BCUT2D eigenvalue weighted by atomic mass is 19.1. The number of hydrogen-bond acceptors (Lipinski definition) is 7. The Bertz CT molecular complexity index is 1620. The summed E-state index contributed by atoms with van der Waals surface area (Å²) >= 11 is 0. The van der Waals surface area contributed by atoms with Gasteiger partial charge >= 0.3 is 6.03 Å². The molecule has 3 aromatic rings. The van der Waals surface area contributed by atoms with Crippen LogP contribution in [0.4, 0.5) is 13.6 Å². The molecule has 1 saturated heterocycles. The highest BCUT2D eigenvalue weighted by molar-refractivity contribution is 5.96. The van der Waals surface area contributed by atoms with Crippen molar-refractivity contribution in [1.82, 2.24) is 30.0 Å². The first-order valence-electron chi connectivity index (χ1n) is 13.2. The molecule has 1 N–H and O–H groups in total. The summed E-state index contributed by atoms with van der Waals surface area (Å²) in [7, 11) is 0. The lowest BCUT2D eigenvalue weighted by Crippen LogP contribution is -2.58. The van der Waals surface area contributed by atoms with Gasteiger partial charge in [-0.25, -0.2) is 28.3 Å². The SMILES string of the molecule is Cc1nn(-c2cc(OC3CN(C(=O)N4N=CCC4c4cc(F)cc(C#N)c4)C3)c(F)cn2)c(C)c1C(=O)NC1CC1. The Morgan fingerprint density at radius 2 is 1.93 bits per heavy atom. The number of aromatic nitrogens is 3. The number of rotatable bonds is 6. The van der Waals surface area contributed by atoms with E-state index in [-0.39, 0.29) is 36.4 Å². The molecule has 210 valence electrons. The monoisotopic (exact) mass is 560 g/mol. The van der Waals surface area contributed by atoms with Crippen LogP contribution in [-0.4, -0.2) is 68.1 Å². The molecule has 4 heterocycles. The molecule has 1 unspecified atom stereocenters. The molecule has 1 saturated carbocycles. The molecule has 3 aliphatic rings. The van der Waals surface area contributed by atoms with E-state index < -0.39 is 29.8 Å². The number of pyridine rings is 1. The Labute approximate surface area is 234 Å². The van der Waals surface area contributed by atoms with Crippen molar-refractivity contribution in [3.63, 3.8) is 0 Å². The number of likely N-dealkylation sites (tertiary alicyclic amines) is 1. The fourth-order valence-corrected chi connectivity index (χ4v) is 5.03. The lowest BCUT2D eigenvalue weighted by Gasteiger charge is -2.41. The number of halogens is 2. The number of nitrogens with zero attached hydrogens (tertiary/aromatic N) is 7. The summed E-state index contributed by atoms with van der Waals surface area (Å²) in [6.45, 7) is 3.86. The normalized spacial score (nSPS) is 18.3. The summed E-state index contributed by atoms with van der Waals surface area (Å²) in [5, 5.41) is 22.0. The van der Waals surface area contributed by atoms with E-state index in [1.807, 2.05) is 6.07 Å². The van der Waals surface area contributed by atoms with Crippen LogP contribution in [0.1, 0.15) is 58.2 Å². The van der Waals surface area contributed by atoms with E-state index in [0.29, 0.717) is 34.8 Å². The summed E-state index contributed by atoms with van der Waals surface area (Å²) in [5.41, 5.74) is 2.21. The van der Waals surface area contributed by atoms with Gasteiger partial charge in [0.2, 0.25) is 0 Å². The molecule has 2 fully saturated rings. The van der Waals surface area contributed by atoms with Gasteiger partial charge in [-0.05, 0) is 50.5 Å². The smallest absolute Gasteiger partial charge is 0.341 e. The molecule has 13 heteroatoms. The first-order valence-corrected chi connectivity index (χ1v) is 13.2. The van der Waals surface area contributed by atoms with Crippen molar-refractivity contribution < 1.29 is 23.1 Å². The molecule has 11 nitrogen and oxygen atoms in total. The number of carbonyl (C=O) groups is 2. The molecule has 0 bridgehead atoms. The van der Waals surface area contributed by atoms with Crippen LogP contribution in [0.15, 0.2) is 35.6 Å². The Morgan fingerprint density at radius 1 is 1.15 bits per heavy atom. The second kappa shape index (κ2) is 10.3. The average Bonchev–Trinajstić information content (AvgIpc) is 3.49. The van der Waals surface area contributed by atoms with Crippen LogP contribution in [0.25, 0.3) is 5.82 Å². The predicted molar refractivity (Wildman–Crippen MR) is 141 cm³/mol. The summed E-state index contributed by atoms with van der Waals surface area (Å²) in [6, 6.07) is 6.55. The number of hydrazone groups is 1. The third-order valence-corrected chi connectivity index (χ3v) is 7.33. The zero-order valence-corrected chi connectivity index (χ0v) is 22.3. The fraction of sp³-hybridized carbons (Fsp3) is 0.357. The van der Waals surface area contributed by atoms with Crippen molar-refractivity contribution in [2.45, 2.75) is 51.3 Å². The lowest BCUT2D eigenvalue weighted by molar-refractivity contribution is 0.0256. The third-order valence-electron chi connectivity index (χ3n) is 7.33. The number of nitriles is 1. The van der Waals surface area contributed by atoms with E-state index in [9.17, 15) is 18.4 Å². The second-order valence-corrected chi connectivity index (χ2v) is 10.4. The highest BCUT2D eigenvalue weighted by Crippen LogP contribution is 2.32. The van der Waals surface area contributed by atoms with Crippen LogP contribution in [0.2, 0.25) is 0 Å². The van der Waals surface area contributed by atoms with E-state index in [1.165, 1.54) is 26.7 Å². The molecular formula is C28H26F2N8O3. The molecule has 1 atom stereocenters. The van der Waals surface area contributed by atoms with Crippen molar-refractivity contribution in [3.8, 4) is 17.6 Å². The van der Waals surface area contributed by atoms with Gasteiger partial charge in [0.25, 0.3) is 5.91 Å². The van der Waals surface area contributed by atoms with Crippen LogP contribution in [-0.2, 0) is 0 Å². The van der Waals surface area contributed by atoms with Gasteiger partial charge in [-0.3, -0.25) is 4.79 Å². The van der Waals surface area contributed by atoms with E-state index >= 15 is 0 Å². The Morgan fingerprint density at radius 3 is 2.66 bits per heavy atom. The van der Waals surface area contributed by atoms with E-state index in [1.54, 1.807) is 26.1 Å². The molecule has 2 aliphatic heterocycles. The highest BCUT2D eigenvalue weighted by Gasteiger charge is 2.39. The Balaban J connectivity index is 1.12. The van der Waals surface area contributed by atoms with Crippen LogP contribution in [0.5, 0.6) is 5.75 Å².